The second kappa shape index (κ2) is 5.08. The van der Waals surface area contributed by atoms with Crippen LogP contribution in [0.5, 0.6) is 0 Å². The summed E-state index contributed by atoms with van der Waals surface area (Å²) >= 11 is 6.27. The molecule has 1 fully saturated rings. The summed E-state index contributed by atoms with van der Waals surface area (Å²) in [6.45, 7) is 7.93. The minimum absolute atomic E-state index is 0.0889. The third-order valence-electron chi connectivity index (χ3n) is 3.94. The molecule has 0 aromatic rings. The molecule has 0 aromatic carbocycles. The first kappa shape index (κ1) is 14.8. The van der Waals surface area contributed by atoms with Crippen LogP contribution in [0.15, 0.2) is 35.1 Å². The normalized spacial score (nSPS) is 29.6. The number of hydrogen-bond donors (Lipinski definition) is 0. The lowest BCUT2D eigenvalue weighted by atomic mass is 9.86. The average molecular weight is 285 g/mol. The Hall–Kier alpha value is -0.575. The van der Waals surface area contributed by atoms with Crippen molar-refractivity contribution < 1.29 is 13.7 Å². The van der Waals surface area contributed by atoms with Gasteiger partial charge in [0.2, 0.25) is 0 Å². The van der Waals surface area contributed by atoms with Gasteiger partial charge in [-0.25, -0.2) is 4.39 Å². The summed E-state index contributed by atoms with van der Waals surface area (Å²) in [5.41, 5.74) is -0.805. The summed E-state index contributed by atoms with van der Waals surface area (Å²) in [6.07, 6.45) is 7.28. The van der Waals surface area contributed by atoms with Crippen LogP contribution in [0.25, 0.3) is 0 Å². The van der Waals surface area contributed by atoms with Crippen LogP contribution in [0.3, 0.4) is 0 Å². The molecule has 1 aliphatic heterocycles. The molecule has 0 radical (unpaired) electrons. The second-order valence-corrected chi connectivity index (χ2v) is 6.42. The number of hydrogen-bond acceptors (Lipinski definition) is 2. The van der Waals surface area contributed by atoms with Crippen molar-refractivity contribution in [1.29, 1.82) is 0 Å². The fraction of sp³-hybridized carbons (Fsp3) is 0.571. The molecule has 19 heavy (non-hydrogen) atoms. The van der Waals surface area contributed by atoms with Crippen molar-refractivity contribution in [3.8, 4) is 0 Å². The maximum atomic E-state index is 12.9. The van der Waals surface area contributed by atoms with Gasteiger partial charge in [-0.2, -0.15) is 0 Å². The molecule has 0 spiro atoms. The Labute approximate surface area is 119 Å². The number of allylic oxidation sites excluding steroid dienone is 5. The Morgan fingerprint density at radius 3 is 2.42 bits per heavy atom. The van der Waals surface area contributed by atoms with E-state index in [0.29, 0.717) is 11.4 Å². The summed E-state index contributed by atoms with van der Waals surface area (Å²) < 4.78 is 24.6. The lowest BCUT2D eigenvalue weighted by Crippen LogP contribution is -2.41. The minimum atomic E-state index is -0.546. The largest absolute Gasteiger partial charge is 0.506 e. The van der Waals surface area contributed by atoms with Gasteiger partial charge in [0, 0.05) is 4.93 Å². The van der Waals surface area contributed by atoms with Gasteiger partial charge in [-0.1, -0.05) is 23.8 Å². The molecule has 0 unspecified atom stereocenters. The lowest BCUT2D eigenvalue weighted by Gasteiger charge is -2.32. The SMILES string of the molecule is CC1(C)OB(/C(Cl)=C\[C@@H]2C=CC(F)=CC2)OC1(C)C. The summed E-state index contributed by atoms with van der Waals surface area (Å²) in [4.78, 5) is 0.518. The molecule has 0 aromatic heterocycles. The van der Waals surface area contributed by atoms with Gasteiger partial charge in [-0.3, -0.25) is 0 Å². The molecule has 2 rings (SSSR count). The Morgan fingerprint density at radius 2 is 1.95 bits per heavy atom. The Bertz CT molecular complexity index is 438. The highest BCUT2D eigenvalue weighted by molar-refractivity contribution is 6.69. The zero-order valence-electron chi connectivity index (χ0n) is 11.7. The van der Waals surface area contributed by atoms with Gasteiger partial charge < -0.3 is 9.31 Å². The fourth-order valence-electron chi connectivity index (χ4n) is 1.97. The monoisotopic (exact) mass is 284 g/mol. The zero-order valence-corrected chi connectivity index (χ0v) is 12.5. The Kier molecular flexibility index (Phi) is 3.96. The molecule has 1 atom stereocenters. The smallest absolute Gasteiger partial charge is 0.399 e. The van der Waals surface area contributed by atoms with Crippen LogP contribution in [0.1, 0.15) is 34.1 Å². The van der Waals surface area contributed by atoms with Crippen LogP contribution in [0, 0.1) is 5.92 Å². The third kappa shape index (κ3) is 3.12. The van der Waals surface area contributed by atoms with Crippen LogP contribution in [-0.2, 0) is 9.31 Å². The van der Waals surface area contributed by atoms with E-state index in [1.165, 1.54) is 6.08 Å². The molecule has 0 bridgehead atoms. The van der Waals surface area contributed by atoms with Gasteiger partial charge in [0.05, 0.1) is 11.2 Å². The van der Waals surface area contributed by atoms with E-state index in [1.54, 1.807) is 12.2 Å². The third-order valence-corrected chi connectivity index (χ3v) is 4.24. The minimum Gasteiger partial charge on any atom is -0.399 e. The predicted octanol–water partition coefficient (Wildman–Crippen LogP) is 4.17. The van der Waals surface area contributed by atoms with Crippen LogP contribution in [0.4, 0.5) is 4.39 Å². The molecule has 1 aliphatic carbocycles. The molecule has 0 amide bonds. The van der Waals surface area contributed by atoms with Crippen molar-refractivity contribution in [1.82, 2.24) is 0 Å². The first-order valence-electron chi connectivity index (χ1n) is 6.48. The van der Waals surface area contributed by atoms with Gasteiger partial charge in [-0.15, -0.1) is 0 Å². The topological polar surface area (TPSA) is 18.5 Å². The average Bonchev–Trinajstić information content (AvgIpc) is 2.51. The first-order valence-corrected chi connectivity index (χ1v) is 6.86. The molecule has 2 nitrogen and oxygen atoms in total. The van der Waals surface area contributed by atoms with Crippen molar-refractivity contribution in [2.24, 2.45) is 5.92 Å². The van der Waals surface area contributed by atoms with Crippen LogP contribution >= 0.6 is 11.6 Å². The van der Waals surface area contributed by atoms with E-state index in [-0.39, 0.29) is 11.7 Å². The van der Waals surface area contributed by atoms with Crippen LogP contribution in [0.2, 0.25) is 0 Å². The van der Waals surface area contributed by atoms with E-state index in [1.807, 2.05) is 33.8 Å². The first-order chi connectivity index (χ1) is 8.71. The van der Waals surface area contributed by atoms with Gasteiger partial charge in [0.1, 0.15) is 5.83 Å². The second-order valence-electron chi connectivity index (χ2n) is 5.99. The van der Waals surface area contributed by atoms with E-state index in [2.05, 4.69) is 0 Å². The summed E-state index contributed by atoms with van der Waals surface area (Å²) in [7, 11) is -0.546. The summed E-state index contributed by atoms with van der Waals surface area (Å²) in [5, 5.41) is 0. The molecule has 1 heterocycles. The molecule has 5 heteroatoms. The van der Waals surface area contributed by atoms with Gasteiger partial charge in [0.25, 0.3) is 0 Å². The number of halogens is 2. The van der Waals surface area contributed by atoms with E-state index < -0.39 is 18.3 Å². The summed E-state index contributed by atoms with van der Waals surface area (Å²) in [5.74, 6) is -0.109. The molecule has 1 saturated heterocycles. The summed E-state index contributed by atoms with van der Waals surface area (Å²) in [6, 6.07) is 0. The molecule has 0 N–H and O–H groups in total. The molecular formula is C14H19BClFO2. The highest BCUT2D eigenvalue weighted by Crippen LogP contribution is 2.39. The number of rotatable bonds is 2. The van der Waals surface area contributed by atoms with Gasteiger partial charge in [-0.05, 0) is 52.2 Å². The molecule has 104 valence electrons. The lowest BCUT2D eigenvalue weighted by molar-refractivity contribution is 0.00578. The van der Waals surface area contributed by atoms with E-state index in [9.17, 15) is 4.39 Å². The van der Waals surface area contributed by atoms with Gasteiger partial charge in [0.15, 0.2) is 0 Å². The molecule has 2 aliphatic rings. The Balaban J connectivity index is 2.06. The van der Waals surface area contributed by atoms with E-state index in [4.69, 9.17) is 20.9 Å². The Morgan fingerprint density at radius 1 is 1.37 bits per heavy atom. The van der Waals surface area contributed by atoms with Crippen molar-refractivity contribution in [3.63, 3.8) is 0 Å². The van der Waals surface area contributed by atoms with Crippen LogP contribution in [-0.4, -0.2) is 18.3 Å². The van der Waals surface area contributed by atoms with Crippen molar-refractivity contribution >= 4 is 18.7 Å². The van der Waals surface area contributed by atoms with Crippen molar-refractivity contribution in [3.05, 3.63) is 35.1 Å². The molecule has 0 saturated carbocycles. The van der Waals surface area contributed by atoms with Crippen molar-refractivity contribution in [2.75, 3.05) is 0 Å². The maximum absolute atomic E-state index is 12.9. The van der Waals surface area contributed by atoms with E-state index >= 15 is 0 Å². The van der Waals surface area contributed by atoms with Crippen molar-refractivity contribution in [2.45, 2.75) is 45.3 Å². The highest BCUT2D eigenvalue weighted by atomic mass is 35.5. The zero-order chi connectivity index (χ0) is 14.3. The van der Waals surface area contributed by atoms with Gasteiger partial charge >= 0.3 is 7.12 Å². The standard InChI is InChI=1S/C14H19BClFO2/c1-13(2)14(3,4)19-15(18-13)12(16)9-10-5-7-11(17)8-6-10/h5,7-10H,6H2,1-4H3/b12-9+/t10-/m1/s1. The fourth-order valence-corrected chi connectivity index (χ4v) is 2.22. The van der Waals surface area contributed by atoms with Crippen LogP contribution < -0.4 is 0 Å². The predicted molar refractivity (Wildman–Crippen MR) is 76.5 cm³/mol. The molecular weight excluding hydrogens is 265 g/mol. The quantitative estimate of drug-likeness (QED) is 0.709. The van der Waals surface area contributed by atoms with E-state index in [0.717, 1.165) is 0 Å². The highest BCUT2D eigenvalue weighted by Gasteiger charge is 2.52. The maximum Gasteiger partial charge on any atom is 0.506 e.